The molecule has 0 aliphatic carbocycles. The molecule has 2 N–H and O–H groups in total. The summed E-state index contributed by atoms with van der Waals surface area (Å²) in [6.45, 7) is 3.62. The highest BCUT2D eigenvalue weighted by Crippen LogP contribution is 2.26. The summed E-state index contributed by atoms with van der Waals surface area (Å²) in [7, 11) is 0. The molecular weight excluding hydrogens is 200 g/mol. The molecule has 5 nitrogen and oxygen atoms in total. The Balaban J connectivity index is 2.02. The van der Waals surface area contributed by atoms with Gasteiger partial charge in [0.05, 0.1) is 11.6 Å². The highest BCUT2D eigenvalue weighted by molar-refractivity contribution is 7.10. The summed E-state index contributed by atoms with van der Waals surface area (Å²) in [5.41, 5.74) is -0.288. The minimum Gasteiger partial charge on any atom is -0.316 e. The number of hydrogen-bond acceptors (Lipinski definition) is 5. The lowest BCUT2D eigenvalue weighted by atomic mass is 9.89. The van der Waals surface area contributed by atoms with Crippen molar-refractivity contribution in [3.8, 4) is 0 Å². The Hall–Kier alpha value is -1.01. The van der Waals surface area contributed by atoms with Gasteiger partial charge in [-0.15, -0.1) is 5.10 Å². The molecule has 0 radical (unpaired) electrons. The second kappa shape index (κ2) is 3.62. The predicted octanol–water partition coefficient (Wildman–Crippen LogP) is 0.476. The second-order valence-electron chi connectivity index (χ2n) is 3.72. The fraction of sp³-hybridized carbons (Fsp3) is 0.625. The average Bonchev–Trinajstić information content (AvgIpc) is 2.76. The molecule has 0 bridgehead atoms. The molecule has 1 aliphatic heterocycles. The number of aromatic nitrogens is 2. The monoisotopic (exact) mass is 212 g/mol. The van der Waals surface area contributed by atoms with E-state index in [-0.39, 0.29) is 11.3 Å². The first-order valence-corrected chi connectivity index (χ1v) is 5.28. The first-order chi connectivity index (χ1) is 6.71. The summed E-state index contributed by atoms with van der Waals surface area (Å²) in [5.74, 6) is 0.0496. The summed E-state index contributed by atoms with van der Waals surface area (Å²) in [6, 6.07) is 0. The molecule has 1 aliphatic rings. The van der Waals surface area contributed by atoms with E-state index >= 15 is 0 Å². The van der Waals surface area contributed by atoms with Crippen LogP contribution in [0.1, 0.15) is 13.3 Å². The van der Waals surface area contributed by atoms with E-state index in [9.17, 15) is 4.79 Å². The van der Waals surface area contributed by atoms with E-state index in [1.54, 1.807) is 6.20 Å². The Bertz CT molecular complexity index is 318. The number of rotatable bonds is 2. The average molecular weight is 212 g/mol. The van der Waals surface area contributed by atoms with Crippen molar-refractivity contribution in [1.29, 1.82) is 0 Å². The van der Waals surface area contributed by atoms with Gasteiger partial charge >= 0.3 is 0 Å². The zero-order valence-electron chi connectivity index (χ0n) is 7.91. The molecule has 1 saturated heterocycles. The number of carbonyl (C=O) groups is 1. The molecule has 1 atom stereocenters. The Morgan fingerprint density at radius 2 is 2.64 bits per heavy atom. The van der Waals surface area contributed by atoms with Crippen LogP contribution in [0.25, 0.3) is 0 Å². The van der Waals surface area contributed by atoms with Gasteiger partial charge < -0.3 is 10.6 Å². The third kappa shape index (κ3) is 1.76. The maximum Gasteiger partial charge on any atom is 0.232 e. The van der Waals surface area contributed by atoms with Crippen LogP contribution >= 0.6 is 11.5 Å². The van der Waals surface area contributed by atoms with Crippen LogP contribution < -0.4 is 10.6 Å². The van der Waals surface area contributed by atoms with Crippen molar-refractivity contribution in [2.75, 3.05) is 18.4 Å². The fourth-order valence-electron chi connectivity index (χ4n) is 1.50. The Labute approximate surface area is 86.1 Å². The van der Waals surface area contributed by atoms with Crippen LogP contribution in [0.3, 0.4) is 0 Å². The summed E-state index contributed by atoms with van der Waals surface area (Å²) in [5, 5.41) is 10.4. The van der Waals surface area contributed by atoms with Crippen LogP contribution in [-0.4, -0.2) is 28.6 Å². The van der Waals surface area contributed by atoms with Gasteiger partial charge in [-0.3, -0.25) is 4.79 Å². The van der Waals surface area contributed by atoms with Gasteiger partial charge in [0.25, 0.3) is 0 Å². The molecule has 2 heterocycles. The number of hydrogen-bond donors (Lipinski definition) is 2. The lowest BCUT2D eigenvalue weighted by Crippen LogP contribution is -2.35. The molecule has 0 saturated carbocycles. The van der Waals surface area contributed by atoms with Gasteiger partial charge in [-0.1, -0.05) is 4.49 Å². The zero-order chi connectivity index (χ0) is 10.0. The molecule has 1 unspecified atom stereocenters. The predicted molar refractivity (Wildman–Crippen MR) is 54.1 cm³/mol. The smallest absolute Gasteiger partial charge is 0.232 e. The van der Waals surface area contributed by atoms with Crippen molar-refractivity contribution in [1.82, 2.24) is 14.9 Å². The van der Waals surface area contributed by atoms with E-state index in [4.69, 9.17) is 0 Å². The van der Waals surface area contributed by atoms with E-state index < -0.39 is 0 Å². The number of amides is 1. The number of carbonyl (C=O) groups excluding carboxylic acids is 1. The second-order valence-corrected chi connectivity index (χ2v) is 4.51. The molecule has 1 amide bonds. The molecule has 1 aromatic rings. The van der Waals surface area contributed by atoms with Crippen LogP contribution in [0.2, 0.25) is 0 Å². The summed E-state index contributed by atoms with van der Waals surface area (Å²) in [6.07, 6.45) is 2.44. The van der Waals surface area contributed by atoms with Crippen LogP contribution in [0.5, 0.6) is 0 Å². The van der Waals surface area contributed by atoms with Crippen molar-refractivity contribution >= 4 is 22.4 Å². The lowest BCUT2D eigenvalue weighted by Gasteiger charge is -2.20. The summed E-state index contributed by atoms with van der Waals surface area (Å²) in [4.78, 5) is 11.8. The minimum absolute atomic E-state index is 0.0496. The maximum atomic E-state index is 11.8. The normalized spacial score (nSPS) is 26.4. The maximum absolute atomic E-state index is 11.8. The topological polar surface area (TPSA) is 66.9 Å². The highest BCUT2D eigenvalue weighted by atomic mass is 32.1. The van der Waals surface area contributed by atoms with Crippen molar-refractivity contribution in [2.24, 2.45) is 5.41 Å². The van der Waals surface area contributed by atoms with Crippen LogP contribution in [-0.2, 0) is 4.79 Å². The van der Waals surface area contributed by atoms with Crippen molar-refractivity contribution in [2.45, 2.75) is 13.3 Å². The van der Waals surface area contributed by atoms with Gasteiger partial charge in [0, 0.05) is 18.1 Å². The van der Waals surface area contributed by atoms with E-state index in [2.05, 4.69) is 20.2 Å². The van der Waals surface area contributed by atoms with Gasteiger partial charge in [0.15, 0.2) is 0 Å². The molecule has 1 fully saturated rings. The molecule has 0 spiro atoms. The standard InChI is InChI=1S/C8H12N4OS/c1-8(2-3-9-5-8)7(13)11-6-4-10-12-14-6/h4,9H,2-3,5H2,1H3,(H,11,13). The van der Waals surface area contributed by atoms with Crippen molar-refractivity contribution in [3.05, 3.63) is 6.20 Å². The van der Waals surface area contributed by atoms with Gasteiger partial charge in [-0.05, 0) is 19.9 Å². The largest absolute Gasteiger partial charge is 0.316 e. The Kier molecular flexibility index (Phi) is 2.47. The first kappa shape index (κ1) is 9.54. The molecule has 6 heteroatoms. The van der Waals surface area contributed by atoms with Crippen LogP contribution in [0.15, 0.2) is 6.20 Å². The SMILES string of the molecule is CC1(C(=O)Nc2cnns2)CCNC1. The zero-order valence-corrected chi connectivity index (χ0v) is 8.73. The van der Waals surface area contributed by atoms with Crippen molar-refractivity contribution < 1.29 is 4.79 Å². The molecule has 2 rings (SSSR count). The van der Waals surface area contributed by atoms with Crippen LogP contribution in [0.4, 0.5) is 5.00 Å². The Morgan fingerprint density at radius 1 is 1.79 bits per heavy atom. The van der Waals surface area contributed by atoms with Crippen molar-refractivity contribution in [3.63, 3.8) is 0 Å². The molecule has 0 aromatic carbocycles. The lowest BCUT2D eigenvalue weighted by molar-refractivity contribution is -0.123. The molecular formula is C8H12N4OS. The first-order valence-electron chi connectivity index (χ1n) is 4.50. The minimum atomic E-state index is -0.288. The number of nitrogens with zero attached hydrogens (tertiary/aromatic N) is 2. The third-order valence-electron chi connectivity index (χ3n) is 2.51. The molecule has 14 heavy (non-hydrogen) atoms. The fourth-order valence-corrected chi connectivity index (χ4v) is 1.91. The van der Waals surface area contributed by atoms with Gasteiger partial charge in [-0.25, -0.2) is 0 Å². The van der Waals surface area contributed by atoms with Crippen LogP contribution in [0, 0.1) is 5.41 Å². The summed E-state index contributed by atoms with van der Waals surface area (Å²) < 4.78 is 3.69. The molecule has 1 aromatic heterocycles. The Morgan fingerprint density at radius 3 is 3.21 bits per heavy atom. The molecule has 76 valence electrons. The quantitative estimate of drug-likeness (QED) is 0.748. The van der Waals surface area contributed by atoms with E-state index in [0.717, 1.165) is 19.5 Å². The summed E-state index contributed by atoms with van der Waals surface area (Å²) >= 11 is 1.20. The number of nitrogens with one attached hydrogen (secondary N) is 2. The van der Waals surface area contributed by atoms with Gasteiger partial charge in [0.1, 0.15) is 5.00 Å². The van der Waals surface area contributed by atoms with E-state index in [1.807, 2.05) is 6.92 Å². The van der Waals surface area contributed by atoms with Gasteiger partial charge in [-0.2, -0.15) is 0 Å². The third-order valence-corrected chi connectivity index (χ3v) is 3.10. The van der Waals surface area contributed by atoms with E-state index in [0.29, 0.717) is 5.00 Å². The number of anilines is 1. The van der Waals surface area contributed by atoms with Gasteiger partial charge in [0.2, 0.25) is 5.91 Å². The highest BCUT2D eigenvalue weighted by Gasteiger charge is 2.36. The van der Waals surface area contributed by atoms with E-state index in [1.165, 1.54) is 11.5 Å².